The van der Waals surface area contributed by atoms with Crippen LogP contribution in [0.4, 0.5) is 11.4 Å². The van der Waals surface area contributed by atoms with Crippen LogP contribution in [0.5, 0.6) is 0 Å². The standard InChI is InChI=1S/C22H19N3OS/c1-17-12-14-18(15-13-17)21-23-25(22(27)26-21)16-24(19-8-4-2-5-9-19)20-10-6-3-7-11-20/h2-15H,16H2,1H3. The van der Waals surface area contributed by atoms with Gasteiger partial charge in [-0.1, -0.05) is 54.1 Å². The molecule has 1 heterocycles. The molecule has 134 valence electrons. The molecule has 0 spiro atoms. The van der Waals surface area contributed by atoms with E-state index in [1.165, 1.54) is 5.56 Å². The van der Waals surface area contributed by atoms with Gasteiger partial charge in [0.1, 0.15) is 6.67 Å². The molecule has 4 rings (SSSR count). The number of rotatable bonds is 5. The number of para-hydroxylation sites is 2. The second-order valence-electron chi connectivity index (χ2n) is 6.28. The van der Waals surface area contributed by atoms with E-state index in [-0.39, 0.29) is 0 Å². The van der Waals surface area contributed by atoms with Crippen molar-refractivity contribution in [3.05, 3.63) is 95.3 Å². The highest BCUT2D eigenvalue weighted by atomic mass is 32.1. The second-order valence-corrected chi connectivity index (χ2v) is 6.63. The number of aryl methyl sites for hydroxylation is 1. The molecule has 0 bridgehead atoms. The molecule has 4 nitrogen and oxygen atoms in total. The van der Waals surface area contributed by atoms with Gasteiger partial charge in [0.2, 0.25) is 5.89 Å². The van der Waals surface area contributed by atoms with Crippen LogP contribution in [-0.2, 0) is 6.67 Å². The fourth-order valence-electron chi connectivity index (χ4n) is 2.87. The van der Waals surface area contributed by atoms with Crippen LogP contribution in [0, 0.1) is 11.8 Å². The summed E-state index contributed by atoms with van der Waals surface area (Å²) in [5.74, 6) is 0.529. The van der Waals surface area contributed by atoms with Gasteiger partial charge in [-0.3, -0.25) is 0 Å². The summed E-state index contributed by atoms with van der Waals surface area (Å²) in [6, 6.07) is 28.4. The Kier molecular flexibility index (Phi) is 4.85. The molecule has 27 heavy (non-hydrogen) atoms. The van der Waals surface area contributed by atoms with E-state index >= 15 is 0 Å². The molecule has 5 heteroatoms. The fraction of sp³-hybridized carbons (Fsp3) is 0.0909. The van der Waals surface area contributed by atoms with E-state index in [9.17, 15) is 0 Å². The van der Waals surface area contributed by atoms with E-state index < -0.39 is 0 Å². The minimum Gasteiger partial charge on any atom is -0.409 e. The summed E-state index contributed by atoms with van der Waals surface area (Å²) >= 11 is 5.42. The molecule has 0 aliphatic rings. The van der Waals surface area contributed by atoms with E-state index in [2.05, 4.69) is 41.2 Å². The Bertz CT molecular complexity index is 1030. The Morgan fingerprint density at radius 1 is 0.852 bits per heavy atom. The smallest absolute Gasteiger partial charge is 0.289 e. The number of nitrogens with zero attached hydrogens (tertiary/aromatic N) is 3. The SMILES string of the molecule is Cc1ccc(-c2nn(CN(c3ccccc3)c3ccccc3)c(=S)o2)cc1. The van der Waals surface area contributed by atoms with Crippen molar-refractivity contribution < 1.29 is 4.42 Å². The van der Waals surface area contributed by atoms with Crippen LogP contribution in [0.25, 0.3) is 11.5 Å². The van der Waals surface area contributed by atoms with Crippen molar-refractivity contribution in [3.8, 4) is 11.5 Å². The first kappa shape index (κ1) is 17.2. The molecule has 0 saturated carbocycles. The topological polar surface area (TPSA) is 34.2 Å². The molecular formula is C22H19N3OS. The highest BCUT2D eigenvalue weighted by Gasteiger charge is 2.14. The summed E-state index contributed by atoms with van der Waals surface area (Å²) in [6.45, 7) is 2.51. The van der Waals surface area contributed by atoms with Crippen molar-refractivity contribution in [1.29, 1.82) is 0 Å². The van der Waals surface area contributed by atoms with E-state index in [0.717, 1.165) is 16.9 Å². The maximum Gasteiger partial charge on any atom is 0.289 e. The number of benzene rings is 3. The summed E-state index contributed by atoms with van der Waals surface area (Å²) in [5.41, 5.74) is 4.23. The summed E-state index contributed by atoms with van der Waals surface area (Å²) < 4.78 is 7.47. The van der Waals surface area contributed by atoms with Crippen LogP contribution in [0.1, 0.15) is 5.56 Å². The molecule has 0 N–H and O–H groups in total. The Balaban J connectivity index is 1.70. The van der Waals surface area contributed by atoms with Gasteiger partial charge in [0, 0.05) is 16.9 Å². The zero-order valence-corrected chi connectivity index (χ0v) is 15.8. The number of anilines is 2. The molecule has 0 radical (unpaired) electrons. The van der Waals surface area contributed by atoms with Gasteiger partial charge in [-0.15, -0.1) is 5.10 Å². The molecule has 0 saturated heterocycles. The molecular weight excluding hydrogens is 354 g/mol. The lowest BCUT2D eigenvalue weighted by atomic mass is 10.1. The highest BCUT2D eigenvalue weighted by molar-refractivity contribution is 7.71. The van der Waals surface area contributed by atoms with Crippen LogP contribution in [0.15, 0.2) is 89.3 Å². The Morgan fingerprint density at radius 3 is 1.96 bits per heavy atom. The molecule has 0 atom stereocenters. The molecule has 0 unspecified atom stereocenters. The van der Waals surface area contributed by atoms with Gasteiger partial charge < -0.3 is 9.32 Å². The average molecular weight is 373 g/mol. The first-order valence-electron chi connectivity index (χ1n) is 8.73. The van der Waals surface area contributed by atoms with Crippen LogP contribution in [0.2, 0.25) is 0 Å². The predicted octanol–water partition coefficient (Wildman–Crippen LogP) is 5.98. The van der Waals surface area contributed by atoms with Crippen molar-refractivity contribution in [2.24, 2.45) is 0 Å². The Hall–Kier alpha value is -3.18. The zero-order chi connectivity index (χ0) is 18.6. The molecule has 0 fully saturated rings. The van der Waals surface area contributed by atoms with Crippen molar-refractivity contribution in [2.75, 3.05) is 4.90 Å². The van der Waals surface area contributed by atoms with E-state index in [1.807, 2.05) is 60.7 Å². The van der Waals surface area contributed by atoms with Crippen molar-refractivity contribution in [2.45, 2.75) is 13.6 Å². The third-order valence-electron chi connectivity index (χ3n) is 4.32. The van der Waals surface area contributed by atoms with Gasteiger partial charge >= 0.3 is 0 Å². The summed E-state index contributed by atoms with van der Waals surface area (Å²) in [5, 5.41) is 4.60. The van der Waals surface area contributed by atoms with Crippen molar-refractivity contribution in [3.63, 3.8) is 0 Å². The molecule has 1 aromatic heterocycles. The minimum absolute atomic E-state index is 0.349. The average Bonchev–Trinajstić information content (AvgIpc) is 3.08. The minimum atomic E-state index is 0.349. The van der Waals surface area contributed by atoms with Crippen LogP contribution >= 0.6 is 12.2 Å². The lowest BCUT2D eigenvalue weighted by Gasteiger charge is -2.24. The van der Waals surface area contributed by atoms with Crippen molar-refractivity contribution in [1.82, 2.24) is 9.78 Å². The van der Waals surface area contributed by atoms with Gasteiger partial charge in [-0.05, 0) is 55.5 Å². The van der Waals surface area contributed by atoms with Crippen LogP contribution < -0.4 is 4.90 Å². The first-order chi connectivity index (χ1) is 13.2. The lowest BCUT2D eigenvalue weighted by Crippen LogP contribution is -2.22. The summed E-state index contributed by atoms with van der Waals surface area (Å²) in [7, 11) is 0. The predicted molar refractivity (Wildman–Crippen MR) is 111 cm³/mol. The third kappa shape index (κ3) is 3.83. The zero-order valence-electron chi connectivity index (χ0n) is 14.9. The van der Waals surface area contributed by atoms with Crippen LogP contribution in [0.3, 0.4) is 0 Å². The monoisotopic (exact) mass is 373 g/mol. The fourth-order valence-corrected chi connectivity index (χ4v) is 3.05. The molecule has 0 amide bonds. The van der Waals surface area contributed by atoms with Gasteiger partial charge in [0.05, 0.1) is 0 Å². The van der Waals surface area contributed by atoms with Crippen molar-refractivity contribution >= 4 is 23.6 Å². The van der Waals surface area contributed by atoms with Gasteiger partial charge in [0.15, 0.2) is 0 Å². The Morgan fingerprint density at radius 2 is 1.41 bits per heavy atom. The maximum absolute atomic E-state index is 5.75. The maximum atomic E-state index is 5.75. The summed E-state index contributed by atoms with van der Waals surface area (Å²) in [6.07, 6.45) is 0. The molecule has 3 aromatic carbocycles. The van der Waals surface area contributed by atoms with E-state index in [1.54, 1.807) is 4.68 Å². The highest BCUT2D eigenvalue weighted by Crippen LogP contribution is 2.26. The first-order valence-corrected chi connectivity index (χ1v) is 9.14. The molecule has 0 aliphatic heterocycles. The normalized spacial score (nSPS) is 10.7. The van der Waals surface area contributed by atoms with Crippen LogP contribution in [-0.4, -0.2) is 9.78 Å². The van der Waals surface area contributed by atoms with Gasteiger partial charge in [-0.2, -0.15) is 4.68 Å². The largest absolute Gasteiger partial charge is 0.409 e. The quantitative estimate of drug-likeness (QED) is 0.403. The van der Waals surface area contributed by atoms with E-state index in [0.29, 0.717) is 17.4 Å². The second kappa shape index (κ2) is 7.60. The van der Waals surface area contributed by atoms with Gasteiger partial charge in [0.25, 0.3) is 4.84 Å². The lowest BCUT2D eigenvalue weighted by molar-refractivity contribution is 0.513. The Labute approximate surface area is 163 Å². The van der Waals surface area contributed by atoms with E-state index in [4.69, 9.17) is 16.6 Å². The number of hydrogen-bond acceptors (Lipinski definition) is 4. The number of aromatic nitrogens is 2. The number of hydrogen-bond donors (Lipinski definition) is 0. The summed E-state index contributed by atoms with van der Waals surface area (Å²) in [4.78, 5) is 2.50. The molecule has 4 aromatic rings. The third-order valence-corrected chi connectivity index (χ3v) is 4.61. The molecule has 0 aliphatic carbocycles. The van der Waals surface area contributed by atoms with Gasteiger partial charge in [-0.25, -0.2) is 0 Å².